The van der Waals surface area contributed by atoms with E-state index < -0.39 is 5.41 Å². The Balaban J connectivity index is 2.46. The van der Waals surface area contributed by atoms with Crippen LogP contribution in [0.1, 0.15) is 46.5 Å². The predicted octanol–water partition coefficient (Wildman–Crippen LogP) is 3.13. The van der Waals surface area contributed by atoms with E-state index in [1.165, 1.54) is 0 Å². The molecule has 0 heterocycles. The van der Waals surface area contributed by atoms with Crippen LogP contribution in [0, 0.1) is 5.41 Å². The summed E-state index contributed by atoms with van der Waals surface area (Å²) < 4.78 is 5.40. The summed E-state index contributed by atoms with van der Waals surface area (Å²) in [4.78, 5) is 11.6. The number of carbonyl (C=O) groups is 1. The van der Waals surface area contributed by atoms with E-state index in [-0.39, 0.29) is 17.5 Å². The third-order valence-corrected chi connectivity index (χ3v) is 2.99. The molecule has 2 atom stereocenters. The number of alkyl halides is 1. The molecule has 0 aromatic rings. The van der Waals surface area contributed by atoms with E-state index in [0.717, 1.165) is 25.7 Å². The number of esters is 1. The monoisotopic (exact) mass is 218 g/mol. The first-order chi connectivity index (χ1) is 6.41. The van der Waals surface area contributed by atoms with E-state index in [2.05, 4.69) is 0 Å². The van der Waals surface area contributed by atoms with E-state index in [1.807, 2.05) is 20.8 Å². The number of hydrogen-bond donors (Lipinski definition) is 0. The van der Waals surface area contributed by atoms with Crippen LogP contribution in [0.3, 0.4) is 0 Å². The fraction of sp³-hybridized carbons (Fsp3) is 0.909. The molecule has 0 saturated heterocycles. The Kier molecular flexibility index (Phi) is 3.82. The molecule has 0 aromatic heterocycles. The average molecular weight is 219 g/mol. The van der Waals surface area contributed by atoms with Crippen molar-refractivity contribution in [2.45, 2.75) is 57.9 Å². The van der Waals surface area contributed by atoms with Gasteiger partial charge in [-0.25, -0.2) is 0 Å². The lowest BCUT2D eigenvalue weighted by atomic mass is 9.95. The Labute approximate surface area is 91.0 Å². The van der Waals surface area contributed by atoms with Crippen LogP contribution in [0.15, 0.2) is 0 Å². The van der Waals surface area contributed by atoms with E-state index in [4.69, 9.17) is 16.3 Å². The van der Waals surface area contributed by atoms with Crippen molar-refractivity contribution < 1.29 is 9.53 Å². The van der Waals surface area contributed by atoms with Gasteiger partial charge < -0.3 is 4.74 Å². The molecule has 0 aromatic carbocycles. The highest BCUT2D eigenvalue weighted by Crippen LogP contribution is 2.27. The fourth-order valence-corrected chi connectivity index (χ4v) is 1.83. The third-order valence-electron chi connectivity index (χ3n) is 2.49. The SMILES string of the molecule is CC(C)(C)C(=O)O[C@H]1CCCC[C@@H]1Cl. The van der Waals surface area contributed by atoms with E-state index in [0.29, 0.717) is 0 Å². The molecule has 1 rings (SSSR count). The molecule has 14 heavy (non-hydrogen) atoms. The van der Waals surface area contributed by atoms with Gasteiger partial charge in [0.15, 0.2) is 0 Å². The van der Waals surface area contributed by atoms with Crippen molar-refractivity contribution in [2.24, 2.45) is 5.41 Å². The summed E-state index contributed by atoms with van der Waals surface area (Å²) in [6.07, 6.45) is 4.07. The molecule has 3 heteroatoms. The van der Waals surface area contributed by atoms with Gasteiger partial charge in [0.2, 0.25) is 0 Å². The quantitative estimate of drug-likeness (QED) is 0.499. The Bertz CT molecular complexity index is 208. The second-order valence-electron chi connectivity index (χ2n) is 4.99. The highest BCUT2D eigenvalue weighted by molar-refractivity contribution is 6.21. The summed E-state index contributed by atoms with van der Waals surface area (Å²) in [5, 5.41) is 0.00931. The first kappa shape index (κ1) is 11.8. The van der Waals surface area contributed by atoms with Gasteiger partial charge in [-0.3, -0.25) is 4.79 Å². The number of hydrogen-bond acceptors (Lipinski definition) is 2. The lowest BCUT2D eigenvalue weighted by molar-refractivity contribution is -0.159. The van der Waals surface area contributed by atoms with Crippen molar-refractivity contribution in [2.75, 3.05) is 0 Å². The van der Waals surface area contributed by atoms with Crippen LogP contribution in [0.5, 0.6) is 0 Å². The molecule has 1 fully saturated rings. The first-order valence-electron chi connectivity index (χ1n) is 5.26. The molecule has 1 aliphatic rings. The zero-order valence-corrected chi connectivity index (χ0v) is 9.93. The maximum absolute atomic E-state index is 11.6. The molecule has 0 unspecified atom stereocenters. The summed E-state index contributed by atoms with van der Waals surface area (Å²) in [6, 6.07) is 0. The summed E-state index contributed by atoms with van der Waals surface area (Å²) >= 11 is 6.10. The molecular formula is C11H19ClO2. The molecule has 0 radical (unpaired) electrons. The van der Waals surface area contributed by atoms with Crippen molar-refractivity contribution in [1.82, 2.24) is 0 Å². The van der Waals surface area contributed by atoms with Crippen molar-refractivity contribution >= 4 is 17.6 Å². The highest BCUT2D eigenvalue weighted by atomic mass is 35.5. The Morgan fingerprint density at radius 2 is 1.86 bits per heavy atom. The smallest absolute Gasteiger partial charge is 0.311 e. The molecule has 0 bridgehead atoms. The van der Waals surface area contributed by atoms with Crippen LogP contribution >= 0.6 is 11.6 Å². The lowest BCUT2D eigenvalue weighted by Crippen LogP contribution is -2.35. The van der Waals surface area contributed by atoms with Gasteiger partial charge in [0.25, 0.3) is 0 Å². The second kappa shape index (κ2) is 4.52. The van der Waals surface area contributed by atoms with Gasteiger partial charge in [0, 0.05) is 0 Å². The molecular weight excluding hydrogens is 200 g/mol. The lowest BCUT2D eigenvalue weighted by Gasteiger charge is -2.29. The van der Waals surface area contributed by atoms with Crippen LogP contribution in [0.25, 0.3) is 0 Å². The van der Waals surface area contributed by atoms with Gasteiger partial charge in [-0.2, -0.15) is 0 Å². The highest BCUT2D eigenvalue weighted by Gasteiger charge is 2.31. The summed E-state index contributed by atoms with van der Waals surface area (Å²) in [5.74, 6) is -0.143. The number of ether oxygens (including phenoxy) is 1. The Morgan fingerprint density at radius 1 is 1.29 bits per heavy atom. The molecule has 0 aliphatic heterocycles. The zero-order valence-electron chi connectivity index (χ0n) is 9.18. The van der Waals surface area contributed by atoms with Crippen LogP contribution in [-0.2, 0) is 9.53 Å². The minimum Gasteiger partial charge on any atom is -0.460 e. The molecule has 0 N–H and O–H groups in total. The maximum atomic E-state index is 11.6. The topological polar surface area (TPSA) is 26.3 Å². The van der Waals surface area contributed by atoms with Crippen molar-refractivity contribution in [3.05, 3.63) is 0 Å². The molecule has 2 nitrogen and oxygen atoms in total. The molecule has 0 spiro atoms. The summed E-state index contributed by atoms with van der Waals surface area (Å²) in [7, 11) is 0. The molecule has 1 saturated carbocycles. The molecule has 1 aliphatic carbocycles. The van der Waals surface area contributed by atoms with Crippen molar-refractivity contribution in [3.8, 4) is 0 Å². The second-order valence-corrected chi connectivity index (χ2v) is 5.55. The van der Waals surface area contributed by atoms with Gasteiger partial charge in [-0.15, -0.1) is 11.6 Å². The molecule has 0 amide bonds. The predicted molar refractivity (Wildman–Crippen MR) is 57.4 cm³/mol. The van der Waals surface area contributed by atoms with Crippen LogP contribution in [0.2, 0.25) is 0 Å². The number of halogens is 1. The van der Waals surface area contributed by atoms with Gasteiger partial charge in [-0.1, -0.05) is 6.42 Å². The van der Waals surface area contributed by atoms with E-state index in [1.54, 1.807) is 0 Å². The van der Waals surface area contributed by atoms with Crippen molar-refractivity contribution in [1.29, 1.82) is 0 Å². The van der Waals surface area contributed by atoms with Crippen LogP contribution < -0.4 is 0 Å². The van der Waals surface area contributed by atoms with E-state index >= 15 is 0 Å². The Morgan fingerprint density at radius 3 is 2.36 bits per heavy atom. The van der Waals surface area contributed by atoms with Gasteiger partial charge in [-0.05, 0) is 40.0 Å². The summed E-state index contributed by atoms with van der Waals surface area (Å²) in [6.45, 7) is 5.59. The van der Waals surface area contributed by atoms with Gasteiger partial charge in [0.1, 0.15) is 6.10 Å². The van der Waals surface area contributed by atoms with Gasteiger partial charge >= 0.3 is 5.97 Å². The third kappa shape index (κ3) is 3.16. The normalized spacial score (nSPS) is 28.6. The van der Waals surface area contributed by atoms with Crippen LogP contribution in [-0.4, -0.2) is 17.5 Å². The van der Waals surface area contributed by atoms with Gasteiger partial charge in [0.05, 0.1) is 10.8 Å². The first-order valence-corrected chi connectivity index (χ1v) is 5.70. The number of carbonyl (C=O) groups excluding carboxylic acids is 1. The minimum atomic E-state index is -0.423. The summed E-state index contributed by atoms with van der Waals surface area (Å²) in [5.41, 5.74) is -0.423. The van der Waals surface area contributed by atoms with Crippen molar-refractivity contribution in [3.63, 3.8) is 0 Å². The largest absolute Gasteiger partial charge is 0.460 e. The Hall–Kier alpha value is -0.240. The standard InChI is InChI=1S/C11H19ClO2/c1-11(2,3)10(13)14-9-7-5-4-6-8(9)12/h8-9H,4-7H2,1-3H3/t8-,9-/m0/s1. The van der Waals surface area contributed by atoms with Crippen LogP contribution in [0.4, 0.5) is 0 Å². The minimum absolute atomic E-state index is 0.00931. The molecule has 82 valence electrons. The fourth-order valence-electron chi connectivity index (χ4n) is 1.50. The zero-order chi connectivity index (χ0) is 10.8. The number of rotatable bonds is 1. The van der Waals surface area contributed by atoms with E-state index in [9.17, 15) is 4.79 Å². The maximum Gasteiger partial charge on any atom is 0.311 e. The average Bonchev–Trinajstić information content (AvgIpc) is 2.07.